The Bertz CT molecular complexity index is 1180. The van der Waals surface area contributed by atoms with Crippen LogP contribution in [-0.4, -0.2) is 14.6 Å². The van der Waals surface area contributed by atoms with Crippen molar-refractivity contribution in [2.45, 2.75) is 0 Å². The molecule has 2 heterocycles. The number of fused-ring (bicyclic) bond motifs is 1. The maximum absolute atomic E-state index is 12.5. The standard InChI is InChI=1S/C19H12ClN3OS/c20-15-8-4-7-14(11-15)12-16-18(24)23-19(25-16)21-17(22-23)10-9-13-5-2-1-3-6-13/h1-12H/b10-9+,16-12-. The lowest BCUT2D eigenvalue weighted by Crippen LogP contribution is -2.23. The highest BCUT2D eigenvalue weighted by Gasteiger charge is 2.08. The summed E-state index contributed by atoms with van der Waals surface area (Å²) >= 11 is 7.29. The predicted molar refractivity (Wildman–Crippen MR) is 103 cm³/mol. The smallest absolute Gasteiger partial charge is 0.266 e. The van der Waals surface area contributed by atoms with Crippen LogP contribution >= 0.6 is 22.9 Å². The fourth-order valence-electron chi connectivity index (χ4n) is 2.40. The van der Waals surface area contributed by atoms with Gasteiger partial charge in [0.15, 0.2) is 5.82 Å². The van der Waals surface area contributed by atoms with Gasteiger partial charge in [0.05, 0.1) is 4.53 Å². The molecule has 4 aromatic rings. The molecule has 25 heavy (non-hydrogen) atoms. The maximum Gasteiger partial charge on any atom is 0.291 e. The van der Waals surface area contributed by atoms with E-state index >= 15 is 0 Å². The van der Waals surface area contributed by atoms with Gasteiger partial charge in [-0.15, -0.1) is 5.10 Å². The minimum atomic E-state index is -0.174. The van der Waals surface area contributed by atoms with Gasteiger partial charge in [0.25, 0.3) is 5.56 Å². The molecule has 4 nitrogen and oxygen atoms in total. The summed E-state index contributed by atoms with van der Waals surface area (Å²) in [4.78, 5) is 17.5. The van der Waals surface area contributed by atoms with Crippen LogP contribution in [0.25, 0.3) is 23.2 Å². The highest BCUT2D eigenvalue weighted by molar-refractivity contribution is 7.15. The molecule has 0 N–H and O–H groups in total. The normalized spacial score (nSPS) is 12.4. The monoisotopic (exact) mass is 365 g/mol. The number of aromatic nitrogens is 3. The molecular weight excluding hydrogens is 354 g/mol. The average Bonchev–Trinajstić information content (AvgIpc) is 3.14. The van der Waals surface area contributed by atoms with Crippen LogP contribution in [-0.2, 0) is 0 Å². The van der Waals surface area contributed by atoms with E-state index in [4.69, 9.17) is 11.6 Å². The molecule has 0 radical (unpaired) electrons. The fourth-order valence-corrected chi connectivity index (χ4v) is 3.52. The number of nitrogens with zero attached hydrogens (tertiary/aromatic N) is 3. The van der Waals surface area contributed by atoms with E-state index in [1.54, 1.807) is 18.2 Å². The van der Waals surface area contributed by atoms with Gasteiger partial charge < -0.3 is 0 Å². The topological polar surface area (TPSA) is 47.3 Å². The molecule has 0 spiro atoms. The number of benzene rings is 2. The first-order valence-electron chi connectivity index (χ1n) is 7.59. The van der Waals surface area contributed by atoms with E-state index in [0.29, 0.717) is 20.3 Å². The van der Waals surface area contributed by atoms with Gasteiger partial charge in [-0.1, -0.05) is 71.5 Å². The molecule has 0 amide bonds. The Morgan fingerprint density at radius 1 is 1.00 bits per heavy atom. The molecule has 122 valence electrons. The zero-order valence-corrected chi connectivity index (χ0v) is 14.5. The summed E-state index contributed by atoms with van der Waals surface area (Å²) in [6.07, 6.45) is 5.52. The largest absolute Gasteiger partial charge is 0.291 e. The van der Waals surface area contributed by atoms with Crippen LogP contribution in [0.15, 0.2) is 59.4 Å². The first kappa shape index (κ1) is 15.7. The van der Waals surface area contributed by atoms with Crippen molar-refractivity contribution in [3.63, 3.8) is 0 Å². The van der Waals surface area contributed by atoms with Crippen molar-refractivity contribution in [3.05, 3.63) is 91.5 Å². The summed E-state index contributed by atoms with van der Waals surface area (Å²) in [6.45, 7) is 0. The third kappa shape index (κ3) is 3.38. The van der Waals surface area contributed by atoms with Crippen LogP contribution in [0.5, 0.6) is 0 Å². The quantitative estimate of drug-likeness (QED) is 0.558. The van der Waals surface area contributed by atoms with E-state index in [9.17, 15) is 4.79 Å². The van der Waals surface area contributed by atoms with Crippen molar-refractivity contribution >= 4 is 46.1 Å². The lowest BCUT2D eigenvalue weighted by molar-refractivity contribution is 0.925. The van der Waals surface area contributed by atoms with E-state index < -0.39 is 0 Å². The van der Waals surface area contributed by atoms with Crippen molar-refractivity contribution in [3.8, 4) is 0 Å². The number of thiazole rings is 1. The Morgan fingerprint density at radius 2 is 1.80 bits per heavy atom. The highest BCUT2D eigenvalue weighted by Crippen LogP contribution is 2.12. The van der Waals surface area contributed by atoms with Crippen molar-refractivity contribution in [1.82, 2.24) is 14.6 Å². The van der Waals surface area contributed by atoms with Gasteiger partial charge in [0.2, 0.25) is 4.96 Å². The summed E-state index contributed by atoms with van der Waals surface area (Å²) in [6, 6.07) is 17.2. The molecule has 2 aromatic carbocycles. The molecule has 0 saturated heterocycles. The second-order valence-electron chi connectivity index (χ2n) is 5.38. The molecule has 0 aliphatic carbocycles. The molecule has 2 aromatic heterocycles. The molecule has 0 aliphatic heterocycles. The third-order valence-electron chi connectivity index (χ3n) is 3.57. The van der Waals surface area contributed by atoms with Crippen molar-refractivity contribution in [1.29, 1.82) is 0 Å². The fraction of sp³-hybridized carbons (Fsp3) is 0. The van der Waals surface area contributed by atoms with E-state index in [-0.39, 0.29) is 5.56 Å². The number of hydrogen-bond acceptors (Lipinski definition) is 4. The molecule has 0 unspecified atom stereocenters. The van der Waals surface area contributed by atoms with Gasteiger partial charge >= 0.3 is 0 Å². The SMILES string of the molecule is O=c1/c(=C/c2cccc(Cl)c2)sc2nc(/C=C/c3ccccc3)nn12. The summed E-state index contributed by atoms with van der Waals surface area (Å²) < 4.78 is 1.92. The second-order valence-corrected chi connectivity index (χ2v) is 6.82. The Morgan fingerprint density at radius 3 is 2.56 bits per heavy atom. The zero-order chi connectivity index (χ0) is 17.2. The second kappa shape index (κ2) is 6.63. The summed E-state index contributed by atoms with van der Waals surface area (Å²) in [7, 11) is 0. The minimum Gasteiger partial charge on any atom is -0.266 e. The van der Waals surface area contributed by atoms with Gasteiger partial charge in [0, 0.05) is 5.02 Å². The number of halogens is 1. The van der Waals surface area contributed by atoms with Crippen molar-refractivity contribution in [2.24, 2.45) is 0 Å². The molecule has 0 saturated carbocycles. The summed E-state index contributed by atoms with van der Waals surface area (Å²) in [5.41, 5.74) is 1.75. The Hall–Kier alpha value is -2.76. The molecule has 0 bridgehead atoms. The van der Waals surface area contributed by atoms with E-state index in [2.05, 4.69) is 10.1 Å². The van der Waals surface area contributed by atoms with Crippen LogP contribution < -0.4 is 10.1 Å². The molecule has 0 atom stereocenters. The van der Waals surface area contributed by atoms with Crippen LogP contribution in [0.1, 0.15) is 17.0 Å². The Labute approximate surface area is 152 Å². The van der Waals surface area contributed by atoms with E-state index in [1.807, 2.05) is 54.6 Å². The van der Waals surface area contributed by atoms with Gasteiger partial charge in [0.1, 0.15) is 0 Å². The van der Waals surface area contributed by atoms with E-state index in [0.717, 1.165) is 11.1 Å². The first-order chi connectivity index (χ1) is 12.2. The molecule has 0 aliphatic rings. The Kier molecular flexibility index (Phi) is 4.17. The van der Waals surface area contributed by atoms with Crippen LogP contribution in [0.2, 0.25) is 5.02 Å². The van der Waals surface area contributed by atoms with Crippen LogP contribution in [0.4, 0.5) is 0 Å². The van der Waals surface area contributed by atoms with Crippen LogP contribution in [0.3, 0.4) is 0 Å². The molecule has 4 rings (SSSR count). The van der Waals surface area contributed by atoms with Crippen molar-refractivity contribution < 1.29 is 0 Å². The first-order valence-corrected chi connectivity index (χ1v) is 8.78. The molecule has 0 fully saturated rings. The zero-order valence-electron chi connectivity index (χ0n) is 13.0. The molecule has 6 heteroatoms. The van der Waals surface area contributed by atoms with E-state index in [1.165, 1.54) is 15.9 Å². The number of rotatable bonds is 3. The van der Waals surface area contributed by atoms with Gasteiger partial charge in [-0.25, -0.2) is 0 Å². The minimum absolute atomic E-state index is 0.174. The van der Waals surface area contributed by atoms with Gasteiger partial charge in [-0.05, 0) is 35.4 Å². The lowest BCUT2D eigenvalue weighted by Gasteiger charge is -1.91. The highest BCUT2D eigenvalue weighted by atomic mass is 35.5. The van der Waals surface area contributed by atoms with Gasteiger partial charge in [-0.2, -0.15) is 9.50 Å². The summed E-state index contributed by atoms with van der Waals surface area (Å²) in [5, 5.41) is 4.91. The predicted octanol–water partition coefficient (Wildman–Crippen LogP) is 3.52. The third-order valence-corrected chi connectivity index (χ3v) is 4.76. The lowest BCUT2D eigenvalue weighted by atomic mass is 10.2. The van der Waals surface area contributed by atoms with Crippen LogP contribution in [0, 0.1) is 0 Å². The number of hydrogen-bond donors (Lipinski definition) is 0. The van der Waals surface area contributed by atoms with Gasteiger partial charge in [-0.3, -0.25) is 4.79 Å². The molecular formula is C19H12ClN3OS. The summed E-state index contributed by atoms with van der Waals surface area (Å²) in [5.74, 6) is 0.515. The maximum atomic E-state index is 12.5. The Balaban J connectivity index is 1.70. The van der Waals surface area contributed by atoms with Crippen molar-refractivity contribution in [2.75, 3.05) is 0 Å². The average molecular weight is 366 g/mol.